The van der Waals surface area contributed by atoms with E-state index < -0.39 is 5.97 Å². The Morgan fingerprint density at radius 3 is 2.37 bits per heavy atom. The highest BCUT2D eigenvalue weighted by molar-refractivity contribution is 5.67. The maximum absolute atomic E-state index is 10.9. The predicted octanol–water partition coefficient (Wildman–Crippen LogP) is 2.31. The molecule has 1 rings (SSSR count). The standard InChI is InChI=1S/C15H23NO3/c1-5-16-12(9-15(17)18)8-14-10(2)6-13(19-4)7-11(14)3/h6-7,12,16H,5,8-9H2,1-4H3,(H,17,18). The van der Waals surface area contributed by atoms with Crippen LogP contribution in [0.25, 0.3) is 0 Å². The highest BCUT2D eigenvalue weighted by atomic mass is 16.5. The van der Waals surface area contributed by atoms with Crippen molar-refractivity contribution in [2.75, 3.05) is 13.7 Å². The summed E-state index contributed by atoms with van der Waals surface area (Å²) in [5, 5.41) is 12.2. The van der Waals surface area contributed by atoms with Gasteiger partial charge in [0.2, 0.25) is 0 Å². The summed E-state index contributed by atoms with van der Waals surface area (Å²) in [7, 11) is 1.65. The molecule has 1 aromatic rings. The van der Waals surface area contributed by atoms with E-state index in [1.54, 1.807) is 7.11 Å². The van der Waals surface area contributed by atoms with Gasteiger partial charge >= 0.3 is 5.97 Å². The summed E-state index contributed by atoms with van der Waals surface area (Å²) in [4.78, 5) is 10.9. The SMILES string of the molecule is CCNC(CC(=O)O)Cc1c(C)cc(OC)cc1C. The first-order valence-corrected chi connectivity index (χ1v) is 6.57. The topological polar surface area (TPSA) is 58.6 Å². The molecule has 0 radical (unpaired) electrons. The van der Waals surface area contributed by atoms with Gasteiger partial charge in [0.15, 0.2) is 0 Å². The summed E-state index contributed by atoms with van der Waals surface area (Å²) < 4.78 is 5.24. The van der Waals surface area contributed by atoms with Crippen molar-refractivity contribution in [2.24, 2.45) is 0 Å². The van der Waals surface area contributed by atoms with Gasteiger partial charge < -0.3 is 15.2 Å². The lowest BCUT2D eigenvalue weighted by molar-refractivity contribution is -0.137. The van der Waals surface area contributed by atoms with Gasteiger partial charge in [0.25, 0.3) is 0 Å². The number of hydrogen-bond acceptors (Lipinski definition) is 3. The zero-order valence-corrected chi connectivity index (χ0v) is 12.1. The molecule has 0 saturated carbocycles. The largest absolute Gasteiger partial charge is 0.497 e. The molecule has 1 aromatic carbocycles. The molecule has 0 fully saturated rings. The van der Waals surface area contributed by atoms with Gasteiger partial charge in [0.1, 0.15) is 5.75 Å². The monoisotopic (exact) mass is 265 g/mol. The second kappa shape index (κ2) is 7.14. The van der Waals surface area contributed by atoms with Gasteiger partial charge in [-0.25, -0.2) is 0 Å². The van der Waals surface area contributed by atoms with Crippen molar-refractivity contribution < 1.29 is 14.6 Å². The number of carboxylic acid groups (broad SMARTS) is 1. The highest BCUT2D eigenvalue weighted by Gasteiger charge is 2.15. The maximum atomic E-state index is 10.9. The molecule has 1 atom stereocenters. The van der Waals surface area contributed by atoms with E-state index >= 15 is 0 Å². The van der Waals surface area contributed by atoms with Crippen molar-refractivity contribution in [1.29, 1.82) is 0 Å². The fourth-order valence-electron chi connectivity index (χ4n) is 2.36. The number of aryl methyl sites for hydroxylation is 2. The van der Waals surface area contributed by atoms with Crippen LogP contribution in [-0.2, 0) is 11.2 Å². The lowest BCUT2D eigenvalue weighted by Crippen LogP contribution is -2.33. The van der Waals surface area contributed by atoms with Crippen LogP contribution in [0.2, 0.25) is 0 Å². The van der Waals surface area contributed by atoms with Gasteiger partial charge in [-0.1, -0.05) is 6.92 Å². The first-order valence-electron chi connectivity index (χ1n) is 6.57. The Balaban J connectivity index is 2.92. The third-order valence-electron chi connectivity index (χ3n) is 3.27. The molecule has 0 aliphatic carbocycles. The van der Waals surface area contributed by atoms with Crippen molar-refractivity contribution in [1.82, 2.24) is 5.32 Å². The van der Waals surface area contributed by atoms with Gasteiger partial charge in [-0.05, 0) is 55.6 Å². The first-order chi connectivity index (χ1) is 8.97. The molecule has 0 aromatic heterocycles. The summed E-state index contributed by atoms with van der Waals surface area (Å²) in [6.07, 6.45) is 0.862. The average Bonchev–Trinajstić information content (AvgIpc) is 2.32. The van der Waals surface area contributed by atoms with Crippen molar-refractivity contribution in [2.45, 2.75) is 39.7 Å². The van der Waals surface area contributed by atoms with Gasteiger partial charge in [-0.15, -0.1) is 0 Å². The lowest BCUT2D eigenvalue weighted by atomic mass is 9.94. The van der Waals surface area contributed by atoms with E-state index in [-0.39, 0.29) is 12.5 Å². The van der Waals surface area contributed by atoms with Gasteiger partial charge in [0, 0.05) is 6.04 Å². The van der Waals surface area contributed by atoms with E-state index in [0.717, 1.165) is 29.8 Å². The molecule has 4 nitrogen and oxygen atoms in total. The Labute approximate surface area is 114 Å². The van der Waals surface area contributed by atoms with Gasteiger partial charge in [-0.2, -0.15) is 0 Å². The Hall–Kier alpha value is -1.55. The molecule has 0 aliphatic heterocycles. The van der Waals surface area contributed by atoms with Gasteiger partial charge in [0.05, 0.1) is 13.5 Å². The number of nitrogens with one attached hydrogen (secondary N) is 1. The molecule has 0 heterocycles. The molecular formula is C15H23NO3. The van der Waals surface area contributed by atoms with Crippen molar-refractivity contribution in [3.05, 3.63) is 28.8 Å². The molecule has 4 heteroatoms. The van der Waals surface area contributed by atoms with Crippen molar-refractivity contribution in [3.63, 3.8) is 0 Å². The summed E-state index contributed by atoms with van der Waals surface area (Å²) in [5.74, 6) is 0.0757. The van der Waals surface area contributed by atoms with Crippen LogP contribution in [0.3, 0.4) is 0 Å². The Kier molecular flexibility index (Phi) is 5.83. The van der Waals surface area contributed by atoms with E-state index in [9.17, 15) is 4.79 Å². The van der Waals surface area contributed by atoms with Gasteiger partial charge in [-0.3, -0.25) is 4.79 Å². The summed E-state index contributed by atoms with van der Waals surface area (Å²) >= 11 is 0. The number of ether oxygens (including phenoxy) is 1. The van der Waals surface area contributed by atoms with Crippen LogP contribution in [0.15, 0.2) is 12.1 Å². The minimum absolute atomic E-state index is 0.0340. The Morgan fingerprint density at radius 2 is 1.95 bits per heavy atom. The Bertz CT molecular complexity index is 420. The quantitative estimate of drug-likeness (QED) is 0.794. The van der Waals surface area contributed by atoms with E-state index in [0.29, 0.717) is 0 Å². The van der Waals surface area contributed by atoms with E-state index in [4.69, 9.17) is 9.84 Å². The fourth-order valence-corrected chi connectivity index (χ4v) is 2.36. The smallest absolute Gasteiger partial charge is 0.304 e. The van der Waals surface area contributed by atoms with Crippen LogP contribution in [0.4, 0.5) is 0 Å². The third-order valence-corrected chi connectivity index (χ3v) is 3.27. The summed E-state index contributed by atoms with van der Waals surface area (Å²) in [5.41, 5.74) is 3.49. The van der Waals surface area contributed by atoms with E-state index in [2.05, 4.69) is 5.32 Å². The number of carbonyl (C=O) groups is 1. The van der Waals surface area contributed by atoms with Crippen molar-refractivity contribution >= 4 is 5.97 Å². The maximum Gasteiger partial charge on any atom is 0.304 e. The van der Waals surface area contributed by atoms with Crippen LogP contribution in [0.5, 0.6) is 5.75 Å². The molecule has 0 aliphatic rings. The second-order valence-corrected chi connectivity index (χ2v) is 4.80. The van der Waals surface area contributed by atoms with Crippen LogP contribution < -0.4 is 10.1 Å². The number of benzene rings is 1. The van der Waals surface area contributed by atoms with E-state index in [1.165, 1.54) is 5.56 Å². The molecule has 106 valence electrons. The fraction of sp³-hybridized carbons (Fsp3) is 0.533. The van der Waals surface area contributed by atoms with Crippen molar-refractivity contribution in [3.8, 4) is 5.75 Å². The molecule has 2 N–H and O–H groups in total. The molecule has 0 bridgehead atoms. The average molecular weight is 265 g/mol. The molecule has 1 unspecified atom stereocenters. The minimum atomic E-state index is -0.769. The van der Waals surface area contributed by atoms with E-state index in [1.807, 2.05) is 32.9 Å². The highest BCUT2D eigenvalue weighted by Crippen LogP contribution is 2.23. The number of carboxylic acids is 1. The zero-order valence-electron chi connectivity index (χ0n) is 12.1. The molecular weight excluding hydrogens is 242 g/mol. The van der Waals surface area contributed by atoms with Crippen LogP contribution in [-0.4, -0.2) is 30.8 Å². The number of rotatable bonds is 7. The second-order valence-electron chi connectivity index (χ2n) is 4.80. The molecule has 19 heavy (non-hydrogen) atoms. The summed E-state index contributed by atoms with van der Waals surface area (Å²) in [6.45, 7) is 6.83. The van der Waals surface area contributed by atoms with Crippen LogP contribution >= 0.6 is 0 Å². The molecule has 0 saturated heterocycles. The molecule has 0 spiro atoms. The number of methoxy groups -OCH3 is 1. The minimum Gasteiger partial charge on any atom is -0.497 e. The molecule has 0 amide bonds. The number of hydrogen-bond donors (Lipinski definition) is 2. The Morgan fingerprint density at radius 1 is 1.37 bits per heavy atom. The number of aliphatic carboxylic acids is 1. The van der Waals surface area contributed by atoms with Crippen LogP contribution in [0.1, 0.15) is 30.0 Å². The number of likely N-dealkylation sites (N-methyl/N-ethyl adjacent to an activating group) is 1. The van der Waals surface area contributed by atoms with Crippen LogP contribution in [0, 0.1) is 13.8 Å². The first kappa shape index (κ1) is 15.5. The predicted molar refractivity (Wildman–Crippen MR) is 75.9 cm³/mol. The summed E-state index contributed by atoms with van der Waals surface area (Å²) in [6, 6.07) is 3.95. The zero-order chi connectivity index (χ0) is 14.4. The lowest BCUT2D eigenvalue weighted by Gasteiger charge is -2.19. The third kappa shape index (κ3) is 4.56. The normalized spacial score (nSPS) is 12.2.